The smallest absolute Gasteiger partial charge is 0.231 e. The molecular formula is C28H30ClFN6O2. The molecule has 10 heteroatoms. The molecule has 1 atom stereocenters. The molecule has 198 valence electrons. The Labute approximate surface area is 225 Å². The second kappa shape index (κ2) is 9.54. The molecule has 4 aromatic rings. The van der Waals surface area contributed by atoms with Gasteiger partial charge in [-0.25, -0.2) is 9.37 Å². The third-order valence-corrected chi connectivity index (χ3v) is 6.93. The summed E-state index contributed by atoms with van der Waals surface area (Å²) in [5.74, 6) is 0.0505. The SMILES string of the molecule is CCn1nc(Cl)c2c1-c1cnc(NC(=O)C(C)(C)C)c(c1)O[C@H](C)c1cc(F)ccc1-c1nn(C)cc1C2. The number of carbonyl (C=O) groups is 1. The summed E-state index contributed by atoms with van der Waals surface area (Å²) < 4.78 is 24.5. The van der Waals surface area contributed by atoms with Gasteiger partial charge in [-0.2, -0.15) is 10.2 Å². The Hall–Kier alpha value is -3.72. The average molecular weight is 537 g/mol. The van der Waals surface area contributed by atoms with Gasteiger partial charge in [-0.1, -0.05) is 32.4 Å². The molecule has 0 saturated heterocycles. The molecule has 0 spiro atoms. The first-order valence-corrected chi connectivity index (χ1v) is 12.9. The number of hydrogen-bond donors (Lipinski definition) is 1. The molecule has 1 aromatic carbocycles. The van der Waals surface area contributed by atoms with Crippen molar-refractivity contribution in [1.82, 2.24) is 24.5 Å². The molecule has 4 heterocycles. The first-order valence-electron chi connectivity index (χ1n) is 12.5. The Morgan fingerprint density at radius 2 is 2.03 bits per heavy atom. The molecule has 1 aliphatic rings. The largest absolute Gasteiger partial charge is 0.482 e. The zero-order chi connectivity index (χ0) is 27.4. The standard InChI is InChI=1S/C28H30ClFN6O2/c1-7-36-24-16-11-22(26(31-13-16)32-27(37)28(3,4)5)38-15(2)20-12-18(30)8-9-19(20)23-17(14-35(6)33-23)10-21(24)25(29)34-36/h8-9,11-15H,7,10H2,1-6H3,(H,31,32,37)/t15-/m1/s1. The number of aryl methyl sites for hydroxylation is 2. The molecule has 0 aliphatic carbocycles. The lowest BCUT2D eigenvalue weighted by Gasteiger charge is -2.23. The molecule has 1 N–H and O–H groups in total. The van der Waals surface area contributed by atoms with Gasteiger partial charge < -0.3 is 10.1 Å². The van der Waals surface area contributed by atoms with Crippen molar-refractivity contribution in [2.45, 2.75) is 53.7 Å². The van der Waals surface area contributed by atoms with Gasteiger partial charge in [-0.3, -0.25) is 14.2 Å². The number of pyridine rings is 1. The van der Waals surface area contributed by atoms with E-state index in [0.717, 1.165) is 27.9 Å². The van der Waals surface area contributed by atoms with E-state index >= 15 is 0 Å². The molecule has 5 rings (SSSR count). The van der Waals surface area contributed by atoms with Crippen molar-refractivity contribution in [3.8, 4) is 28.3 Å². The van der Waals surface area contributed by atoms with E-state index in [0.29, 0.717) is 35.1 Å². The number of nitrogens with zero attached hydrogens (tertiary/aromatic N) is 5. The predicted octanol–water partition coefficient (Wildman–Crippen LogP) is 6.19. The summed E-state index contributed by atoms with van der Waals surface area (Å²) in [6.45, 7) is 9.89. The van der Waals surface area contributed by atoms with Crippen LogP contribution in [-0.2, 0) is 24.8 Å². The van der Waals surface area contributed by atoms with Gasteiger partial charge in [-0.05, 0) is 38.1 Å². The van der Waals surface area contributed by atoms with Gasteiger partial charge in [0.05, 0.1) is 11.4 Å². The summed E-state index contributed by atoms with van der Waals surface area (Å²) >= 11 is 6.70. The molecule has 3 aromatic heterocycles. The topological polar surface area (TPSA) is 86.9 Å². The minimum Gasteiger partial charge on any atom is -0.482 e. The maximum absolute atomic E-state index is 14.5. The number of aromatic nitrogens is 5. The van der Waals surface area contributed by atoms with Gasteiger partial charge in [0.2, 0.25) is 5.91 Å². The second-order valence-corrected chi connectivity index (χ2v) is 10.9. The van der Waals surface area contributed by atoms with Crippen molar-refractivity contribution in [3.05, 3.63) is 64.3 Å². The first kappa shape index (κ1) is 25.9. The molecule has 0 saturated carbocycles. The molecule has 0 fully saturated rings. The van der Waals surface area contributed by atoms with Gasteiger partial charge in [0.25, 0.3) is 0 Å². The number of carbonyl (C=O) groups excluding carboxylic acids is 1. The summed E-state index contributed by atoms with van der Waals surface area (Å²) in [7, 11) is 1.85. The van der Waals surface area contributed by atoms with E-state index in [2.05, 4.69) is 15.4 Å². The van der Waals surface area contributed by atoms with Crippen LogP contribution >= 0.6 is 11.6 Å². The van der Waals surface area contributed by atoms with Gasteiger partial charge in [-0.15, -0.1) is 0 Å². The van der Waals surface area contributed by atoms with Crippen LogP contribution in [0, 0.1) is 11.2 Å². The van der Waals surface area contributed by atoms with E-state index in [4.69, 9.17) is 21.4 Å². The van der Waals surface area contributed by atoms with Gasteiger partial charge >= 0.3 is 0 Å². The van der Waals surface area contributed by atoms with Crippen molar-refractivity contribution < 1.29 is 13.9 Å². The maximum Gasteiger partial charge on any atom is 0.231 e. The zero-order valence-corrected chi connectivity index (χ0v) is 23.0. The molecule has 2 bridgehead atoms. The Morgan fingerprint density at radius 1 is 1.26 bits per heavy atom. The fourth-order valence-corrected chi connectivity index (χ4v) is 4.90. The maximum atomic E-state index is 14.5. The van der Waals surface area contributed by atoms with Crippen LogP contribution in [0.1, 0.15) is 57.4 Å². The summed E-state index contributed by atoms with van der Waals surface area (Å²) in [5, 5.41) is 12.6. The Kier molecular flexibility index (Phi) is 6.51. The van der Waals surface area contributed by atoms with E-state index < -0.39 is 11.5 Å². The number of hydrogen-bond acceptors (Lipinski definition) is 5. The summed E-state index contributed by atoms with van der Waals surface area (Å²) in [6, 6.07) is 6.43. The van der Waals surface area contributed by atoms with E-state index in [9.17, 15) is 9.18 Å². The average Bonchev–Trinajstić information content (AvgIpc) is 3.37. The molecule has 1 aliphatic heterocycles. The van der Waals surface area contributed by atoms with Crippen LogP contribution in [0.15, 0.2) is 36.7 Å². The van der Waals surface area contributed by atoms with Crippen LogP contribution in [0.5, 0.6) is 5.75 Å². The van der Waals surface area contributed by atoms with E-state index in [-0.39, 0.29) is 17.5 Å². The highest BCUT2D eigenvalue weighted by atomic mass is 35.5. The fraction of sp³-hybridized carbons (Fsp3) is 0.357. The van der Waals surface area contributed by atoms with Crippen molar-refractivity contribution >= 4 is 23.3 Å². The third-order valence-electron chi connectivity index (χ3n) is 6.62. The predicted molar refractivity (Wildman–Crippen MR) is 145 cm³/mol. The van der Waals surface area contributed by atoms with Crippen LogP contribution in [0.2, 0.25) is 5.15 Å². The second-order valence-electron chi connectivity index (χ2n) is 10.6. The molecule has 8 nitrogen and oxygen atoms in total. The fourth-order valence-electron chi connectivity index (χ4n) is 4.66. The van der Waals surface area contributed by atoms with Crippen LogP contribution < -0.4 is 10.1 Å². The molecule has 38 heavy (non-hydrogen) atoms. The van der Waals surface area contributed by atoms with E-state index in [1.165, 1.54) is 12.1 Å². The summed E-state index contributed by atoms with van der Waals surface area (Å²) in [4.78, 5) is 17.4. The Balaban J connectivity index is 1.78. The number of rotatable bonds is 2. The van der Waals surface area contributed by atoms with Gasteiger partial charge in [0, 0.05) is 65.6 Å². The number of benzene rings is 1. The molecular weight excluding hydrogens is 507 g/mol. The van der Waals surface area contributed by atoms with Crippen molar-refractivity contribution in [2.75, 3.05) is 5.32 Å². The first-order chi connectivity index (χ1) is 18.0. The van der Waals surface area contributed by atoms with Gasteiger partial charge in [0.1, 0.15) is 11.9 Å². The number of fused-ring (bicyclic) bond motifs is 7. The quantitative estimate of drug-likeness (QED) is 0.330. The van der Waals surface area contributed by atoms with Gasteiger partial charge in [0.15, 0.2) is 16.7 Å². The van der Waals surface area contributed by atoms with Crippen LogP contribution in [0.4, 0.5) is 10.2 Å². The lowest BCUT2D eigenvalue weighted by Crippen LogP contribution is -2.28. The number of anilines is 1. The van der Waals surface area contributed by atoms with Crippen LogP contribution in [0.25, 0.3) is 22.5 Å². The molecule has 1 amide bonds. The van der Waals surface area contributed by atoms with Crippen molar-refractivity contribution in [2.24, 2.45) is 12.5 Å². The lowest BCUT2D eigenvalue weighted by atomic mass is 9.94. The van der Waals surface area contributed by atoms with Crippen molar-refractivity contribution in [3.63, 3.8) is 0 Å². The highest BCUT2D eigenvalue weighted by molar-refractivity contribution is 6.30. The van der Waals surface area contributed by atoms with E-state index in [1.54, 1.807) is 16.9 Å². The number of amides is 1. The lowest BCUT2D eigenvalue weighted by molar-refractivity contribution is -0.123. The summed E-state index contributed by atoms with van der Waals surface area (Å²) in [6.07, 6.45) is 3.50. The highest BCUT2D eigenvalue weighted by Gasteiger charge is 2.28. The third kappa shape index (κ3) is 4.67. The minimum atomic E-state index is -0.642. The molecule has 0 radical (unpaired) electrons. The number of ether oxygens (including phenoxy) is 1. The number of nitrogens with one attached hydrogen (secondary N) is 1. The Bertz CT molecular complexity index is 1550. The normalized spacial score (nSPS) is 14.9. The minimum absolute atomic E-state index is 0.205. The summed E-state index contributed by atoms with van der Waals surface area (Å²) in [5.41, 5.74) is 4.74. The van der Waals surface area contributed by atoms with E-state index in [1.807, 2.05) is 58.6 Å². The monoisotopic (exact) mass is 536 g/mol. The van der Waals surface area contributed by atoms with Crippen LogP contribution in [0.3, 0.4) is 0 Å². The number of halogens is 2. The Morgan fingerprint density at radius 3 is 2.74 bits per heavy atom. The van der Waals surface area contributed by atoms with Crippen LogP contribution in [-0.4, -0.2) is 30.5 Å². The van der Waals surface area contributed by atoms with Crippen molar-refractivity contribution in [1.29, 1.82) is 0 Å². The molecule has 0 unspecified atom stereocenters. The zero-order valence-electron chi connectivity index (χ0n) is 22.3. The highest BCUT2D eigenvalue weighted by Crippen LogP contribution is 2.40.